The molecule has 2 aromatic rings. The first-order valence-electron chi connectivity index (χ1n) is 7.51. The Bertz CT molecular complexity index is 774. The van der Waals surface area contributed by atoms with Gasteiger partial charge in [-0.25, -0.2) is 5.43 Å². The molecule has 0 bridgehead atoms. The molecule has 0 saturated heterocycles. The van der Waals surface area contributed by atoms with Crippen molar-refractivity contribution in [2.45, 2.75) is 6.42 Å². The van der Waals surface area contributed by atoms with Crippen molar-refractivity contribution < 1.29 is 19.1 Å². The number of methoxy groups -OCH3 is 2. The Morgan fingerprint density at radius 1 is 1.04 bits per heavy atom. The van der Waals surface area contributed by atoms with Crippen LogP contribution in [-0.4, -0.2) is 32.2 Å². The molecular formula is C18H19N3O4. The minimum Gasteiger partial charge on any atom is -0.497 e. The number of rotatable bonds is 7. The first kappa shape index (κ1) is 18.0. The number of anilines is 1. The summed E-state index contributed by atoms with van der Waals surface area (Å²) >= 11 is 0. The summed E-state index contributed by atoms with van der Waals surface area (Å²) in [6.45, 7) is 0. The fourth-order valence-corrected chi connectivity index (χ4v) is 2.04. The van der Waals surface area contributed by atoms with Gasteiger partial charge in [-0.3, -0.25) is 9.59 Å². The van der Waals surface area contributed by atoms with E-state index in [1.807, 2.05) is 12.1 Å². The van der Waals surface area contributed by atoms with Gasteiger partial charge in [0.1, 0.15) is 17.9 Å². The van der Waals surface area contributed by atoms with Crippen molar-refractivity contribution in [3.63, 3.8) is 0 Å². The summed E-state index contributed by atoms with van der Waals surface area (Å²) in [6, 6.07) is 14.1. The predicted octanol–water partition coefficient (Wildman–Crippen LogP) is 2.18. The summed E-state index contributed by atoms with van der Waals surface area (Å²) in [5, 5.41) is 6.46. The molecule has 0 fully saturated rings. The number of nitrogens with zero attached hydrogens (tertiary/aromatic N) is 1. The van der Waals surface area contributed by atoms with Crippen molar-refractivity contribution in [3.8, 4) is 11.5 Å². The van der Waals surface area contributed by atoms with Crippen LogP contribution in [0.2, 0.25) is 0 Å². The maximum absolute atomic E-state index is 11.9. The molecule has 0 aliphatic carbocycles. The van der Waals surface area contributed by atoms with Crippen molar-refractivity contribution in [2.75, 3.05) is 19.5 Å². The third kappa shape index (κ3) is 5.65. The van der Waals surface area contributed by atoms with Crippen LogP contribution in [0.4, 0.5) is 5.69 Å². The summed E-state index contributed by atoms with van der Waals surface area (Å²) in [7, 11) is 3.09. The largest absolute Gasteiger partial charge is 0.497 e. The monoisotopic (exact) mass is 341 g/mol. The van der Waals surface area contributed by atoms with E-state index in [0.29, 0.717) is 22.7 Å². The third-order valence-corrected chi connectivity index (χ3v) is 3.21. The maximum atomic E-state index is 11.9. The molecule has 0 heterocycles. The quantitative estimate of drug-likeness (QED) is 0.459. The number of carbonyl (C=O) groups excluding carboxylic acids is 2. The molecule has 2 N–H and O–H groups in total. The van der Waals surface area contributed by atoms with Crippen LogP contribution in [0.5, 0.6) is 11.5 Å². The van der Waals surface area contributed by atoms with Crippen LogP contribution >= 0.6 is 0 Å². The fraction of sp³-hybridized carbons (Fsp3) is 0.167. The smallest absolute Gasteiger partial charge is 0.249 e. The van der Waals surface area contributed by atoms with Gasteiger partial charge in [-0.05, 0) is 24.3 Å². The molecule has 0 atom stereocenters. The summed E-state index contributed by atoms with van der Waals surface area (Å²) in [5.74, 6) is 0.282. The van der Waals surface area contributed by atoms with Gasteiger partial charge in [-0.2, -0.15) is 5.10 Å². The van der Waals surface area contributed by atoms with Crippen LogP contribution in [0.3, 0.4) is 0 Å². The Morgan fingerprint density at radius 3 is 2.60 bits per heavy atom. The van der Waals surface area contributed by atoms with Gasteiger partial charge in [-0.1, -0.05) is 18.2 Å². The Labute approximate surface area is 145 Å². The maximum Gasteiger partial charge on any atom is 0.249 e. The molecule has 0 unspecified atom stereocenters. The van der Waals surface area contributed by atoms with E-state index >= 15 is 0 Å². The van der Waals surface area contributed by atoms with Gasteiger partial charge in [0.2, 0.25) is 11.8 Å². The zero-order valence-electron chi connectivity index (χ0n) is 14.0. The van der Waals surface area contributed by atoms with E-state index in [2.05, 4.69) is 15.8 Å². The Kier molecular flexibility index (Phi) is 6.53. The number of ether oxygens (including phenoxy) is 2. The van der Waals surface area contributed by atoms with E-state index in [1.165, 1.54) is 13.3 Å². The lowest BCUT2D eigenvalue weighted by Crippen LogP contribution is -2.24. The summed E-state index contributed by atoms with van der Waals surface area (Å²) in [4.78, 5) is 23.6. The van der Waals surface area contributed by atoms with Gasteiger partial charge < -0.3 is 14.8 Å². The molecule has 0 saturated carbocycles. The second-order valence-corrected chi connectivity index (χ2v) is 4.99. The van der Waals surface area contributed by atoms with Crippen molar-refractivity contribution in [3.05, 3.63) is 54.1 Å². The second-order valence-electron chi connectivity index (χ2n) is 4.99. The van der Waals surface area contributed by atoms with E-state index < -0.39 is 11.8 Å². The first-order valence-corrected chi connectivity index (χ1v) is 7.51. The second kappa shape index (κ2) is 9.07. The molecule has 25 heavy (non-hydrogen) atoms. The molecule has 0 aliphatic rings. The summed E-state index contributed by atoms with van der Waals surface area (Å²) in [5.41, 5.74) is 3.58. The van der Waals surface area contributed by atoms with Gasteiger partial charge in [0.15, 0.2) is 0 Å². The van der Waals surface area contributed by atoms with Crippen LogP contribution in [-0.2, 0) is 9.59 Å². The topological polar surface area (TPSA) is 89.0 Å². The minimum absolute atomic E-state index is 0.347. The van der Waals surface area contributed by atoms with Gasteiger partial charge in [0.05, 0.1) is 20.4 Å². The average Bonchev–Trinajstić information content (AvgIpc) is 2.62. The van der Waals surface area contributed by atoms with Gasteiger partial charge in [0.25, 0.3) is 0 Å². The van der Waals surface area contributed by atoms with E-state index in [0.717, 1.165) is 0 Å². The molecule has 0 aliphatic heterocycles. The predicted molar refractivity (Wildman–Crippen MR) is 95.0 cm³/mol. The molecule has 2 rings (SSSR count). The molecule has 0 aromatic heterocycles. The SMILES string of the molecule is COc1cccc(NC(=O)CC(=O)NN=Cc2ccccc2OC)c1. The number of benzene rings is 2. The van der Waals surface area contributed by atoms with Crippen LogP contribution in [0.25, 0.3) is 0 Å². The molecule has 130 valence electrons. The first-order chi connectivity index (χ1) is 12.1. The summed E-state index contributed by atoms with van der Waals surface area (Å²) in [6.07, 6.45) is 1.11. The average molecular weight is 341 g/mol. The van der Waals surface area contributed by atoms with Crippen molar-refractivity contribution in [1.82, 2.24) is 5.43 Å². The number of amides is 2. The van der Waals surface area contributed by atoms with Crippen molar-refractivity contribution in [1.29, 1.82) is 0 Å². The van der Waals surface area contributed by atoms with Gasteiger partial charge in [0, 0.05) is 17.3 Å². The van der Waals surface area contributed by atoms with Crippen LogP contribution in [0, 0.1) is 0 Å². The van der Waals surface area contributed by atoms with Crippen molar-refractivity contribution >= 4 is 23.7 Å². The number of para-hydroxylation sites is 1. The number of hydrazone groups is 1. The molecule has 2 aromatic carbocycles. The highest BCUT2D eigenvalue weighted by Crippen LogP contribution is 2.17. The van der Waals surface area contributed by atoms with E-state index in [1.54, 1.807) is 43.5 Å². The third-order valence-electron chi connectivity index (χ3n) is 3.21. The highest BCUT2D eigenvalue weighted by molar-refractivity contribution is 6.03. The molecule has 7 nitrogen and oxygen atoms in total. The lowest BCUT2D eigenvalue weighted by molar-refractivity contribution is -0.126. The lowest BCUT2D eigenvalue weighted by atomic mass is 10.2. The van der Waals surface area contributed by atoms with E-state index in [4.69, 9.17) is 9.47 Å². The van der Waals surface area contributed by atoms with Crippen LogP contribution in [0.15, 0.2) is 53.6 Å². The number of hydrogen-bond acceptors (Lipinski definition) is 5. The number of nitrogens with one attached hydrogen (secondary N) is 2. The standard InChI is InChI=1S/C18H19N3O4/c1-24-15-8-5-7-14(10-15)20-17(22)11-18(23)21-19-12-13-6-3-4-9-16(13)25-2/h3-10,12H,11H2,1-2H3,(H,20,22)(H,21,23). The highest BCUT2D eigenvalue weighted by Gasteiger charge is 2.09. The van der Waals surface area contributed by atoms with Crippen LogP contribution < -0.4 is 20.2 Å². The molecule has 7 heteroatoms. The Hall–Kier alpha value is -3.35. The van der Waals surface area contributed by atoms with E-state index in [-0.39, 0.29) is 6.42 Å². The number of carbonyl (C=O) groups is 2. The Balaban J connectivity index is 1.85. The molecular weight excluding hydrogens is 322 g/mol. The molecule has 2 amide bonds. The number of hydrogen-bond donors (Lipinski definition) is 2. The Morgan fingerprint density at radius 2 is 1.84 bits per heavy atom. The molecule has 0 spiro atoms. The van der Waals surface area contributed by atoms with E-state index in [9.17, 15) is 9.59 Å². The molecule has 0 radical (unpaired) electrons. The fourth-order valence-electron chi connectivity index (χ4n) is 2.04. The minimum atomic E-state index is -0.522. The van der Waals surface area contributed by atoms with Gasteiger partial charge >= 0.3 is 0 Å². The normalized spacial score (nSPS) is 10.3. The zero-order chi connectivity index (χ0) is 18.1. The van der Waals surface area contributed by atoms with Crippen molar-refractivity contribution in [2.24, 2.45) is 5.10 Å². The van der Waals surface area contributed by atoms with Gasteiger partial charge in [-0.15, -0.1) is 0 Å². The highest BCUT2D eigenvalue weighted by atomic mass is 16.5. The van der Waals surface area contributed by atoms with Crippen LogP contribution in [0.1, 0.15) is 12.0 Å². The zero-order valence-corrected chi connectivity index (χ0v) is 14.0. The summed E-state index contributed by atoms with van der Waals surface area (Å²) < 4.78 is 10.2. The lowest BCUT2D eigenvalue weighted by Gasteiger charge is -2.06.